The number of rotatable bonds is 0. The van der Waals surface area contributed by atoms with Gasteiger partial charge in [0, 0.05) is 0 Å². The number of fused-ring (bicyclic) bond motifs is 4. The first kappa shape index (κ1) is 7.55. The Labute approximate surface area is 80.5 Å². The zero-order valence-electron chi connectivity index (χ0n) is 7.43. The van der Waals surface area contributed by atoms with Crippen molar-refractivity contribution in [3.05, 3.63) is 24.3 Å². The fourth-order valence-electron chi connectivity index (χ4n) is 1.47. The molecule has 4 nitrogen and oxygen atoms in total. The molecular weight excluding hydrogens is 180 g/mol. The van der Waals surface area contributed by atoms with Crippen molar-refractivity contribution in [1.29, 1.82) is 0 Å². The van der Waals surface area contributed by atoms with Gasteiger partial charge >= 0.3 is 6.01 Å². The van der Waals surface area contributed by atoms with E-state index in [1.807, 2.05) is 24.3 Å². The maximum atomic E-state index is 5.44. The summed E-state index contributed by atoms with van der Waals surface area (Å²) in [5.74, 6) is 0.614. The fourth-order valence-corrected chi connectivity index (χ4v) is 1.47. The Balaban J connectivity index is 2.35. The lowest BCUT2D eigenvalue weighted by Gasteiger charge is -2.02. The second-order valence-corrected chi connectivity index (χ2v) is 3.03. The van der Waals surface area contributed by atoms with Gasteiger partial charge < -0.3 is 9.47 Å². The van der Waals surface area contributed by atoms with Gasteiger partial charge in [0.15, 0.2) is 0 Å². The van der Waals surface area contributed by atoms with Crippen molar-refractivity contribution < 1.29 is 9.47 Å². The van der Waals surface area contributed by atoms with E-state index in [9.17, 15) is 0 Å². The van der Waals surface area contributed by atoms with Gasteiger partial charge in [-0.05, 0) is 12.1 Å². The first-order valence-corrected chi connectivity index (χ1v) is 4.46. The molecule has 2 aromatic rings. The highest BCUT2D eigenvalue weighted by atomic mass is 16.5. The van der Waals surface area contributed by atoms with E-state index in [1.165, 1.54) is 0 Å². The summed E-state index contributed by atoms with van der Waals surface area (Å²) in [6, 6.07) is 8.13. The van der Waals surface area contributed by atoms with Crippen molar-refractivity contribution in [2.45, 2.75) is 0 Å². The highest BCUT2D eigenvalue weighted by Crippen LogP contribution is 2.25. The Hall–Kier alpha value is -1.84. The van der Waals surface area contributed by atoms with Crippen LogP contribution in [-0.2, 0) is 0 Å². The third-order valence-electron chi connectivity index (χ3n) is 2.10. The van der Waals surface area contributed by atoms with E-state index in [4.69, 9.17) is 9.47 Å². The average Bonchev–Trinajstić information content (AvgIpc) is 2.41. The summed E-state index contributed by atoms with van der Waals surface area (Å²) in [6.07, 6.45) is 0. The van der Waals surface area contributed by atoms with Gasteiger partial charge in [-0.1, -0.05) is 12.1 Å². The Bertz CT molecular complexity index is 485. The zero-order chi connectivity index (χ0) is 9.38. The Morgan fingerprint density at radius 3 is 2.86 bits per heavy atom. The largest absolute Gasteiger partial charge is 0.473 e. The first-order chi connectivity index (χ1) is 6.93. The number of benzene rings is 1. The van der Waals surface area contributed by atoms with Crippen LogP contribution in [0, 0.1) is 0 Å². The number of ether oxygens (including phenoxy) is 2. The van der Waals surface area contributed by atoms with Crippen molar-refractivity contribution >= 4 is 10.9 Å². The molecule has 14 heavy (non-hydrogen) atoms. The quantitative estimate of drug-likeness (QED) is 0.626. The minimum atomic E-state index is 0.399. The van der Waals surface area contributed by atoms with E-state index < -0.39 is 0 Å². The van der Waals surface area contributed by atoms with E-state index in [-0.39, 0.29) is 0 Å². The van der Waals surface area contributed by atoms with Gasteiger partial charge in [0.2, 0.25) is 5.88 Å². The van der Waals surface area contributed by atoms with Crippen LogP contribution in [0.15, 0.2) is 24.3 Å². The van der Waals surface area contributed by atoms with Crippen molar-refractivity contribution in [3.63, 3.8) is 0 Å². The molecule has 2 heterocycles. The molecule has 0 saturated heterocycles. The molecule has 2 bridgehead atoms. The molecule has 0 amide bonds. The van der Waals surface area contributed by atoms with Crippen LogP contribution in [0.2, 0.25) is 0 Å². The molecule has 0 spiro atoms. The molecular formula is C10H8N2O2. The molecule has 0 radical (unpaired) electrons. The summed E-state index contributed by atoms with van der Waals surface area (Å²) < 4.78 is 10.7. The summed E-state index contributed by atoms with van der Waals surface area (Å²) in [7, 11) is 0. The Morgan fingerprint density at radius 2 is 1.86 bits per heavy atom. The predicted octanol–water partition coefficient (Wildman–Crippen LogP) is 1.40. The number of nitrogens with zero attached hydrogens (tertiary/aromatic N) is 2. The van der Waals surface area contributed by atoms with E-state index >= 15 is 0 Å². The number of para-hydroxylation sites is 1. The lowest BCUT2D eigenvalue weighted by Crippen LogP contribution is -2.05. The van der Waals surface area contributed by atoms with Gasteiger partial charge in [0.1, 0.15) is 13.2 Å². The van der Waals surface area contributed by atoms with Crippen molar-refractivity contribution in [2.75, 3.05) is 13.2 Å². The van der Waals surface area contributed by atoms with E-state index in [0.717, 1.165) is 10.9 Å². The topological polar surface area (TPSA) is 44.2 Å². The summed E-state index contributed by atoms with van der Waals surface area (Å²) in [6.45, 7) is 1.02. The van der Waals surface area contributed by atoms with E-state index in [2.05, 4.69) is 9.97 Å². The first-order valence-electron chi connectivity index (χ1n) is 4.46. The van der Waals surface area contributed by atoms with Crippen molar-refractivity contribution in [3.8, 4) is 11.9 Å². The predicted molar refractivity (Wildman–Crippen MR) is 50.5 cm³/mol. The maximum Gasteiger partial charge on any atom is 0.320 e. The minimum Gasteiger partial charge on any atom is -0.473 e. The summed E-state index contributed by atoms with van der Waals surface area (Å²) in [5, 5.41) is 0.932. The molecule has 0 saturated carbocycles. The van der Waals surface area contributed by atoms with Gasteiger partial charge in [0.05, 0.1) is 10.9 Å². The molecule has 0 aliphatic carbocycles. The van der Waals surface area contributed by atoms with Gasteiger partial charge in [-0.3, -0.25) is 0 Å². The Morgan fingerprint density at radius 1 is 1.00 bits per heavy atom. The van der Waals surface area contributed by atoms with Crippen LogP contribution in [0.1, 0.15) is 0 Å². The fraction of sp³-hybridized carbons (Fsp3) is 0.200. The molecule has 1 aromatic carbocycles. The van der Waals surface area contributed by atoms with E-state index in [1.54, 1.807) is 0 Å². The second-order valence-electron chi connectivity index (χ2n) is 3.03. The maximum absolute atomic E-state index is 5.44. The molecule has 4 heteroatoms. The van der Waals surface area contributed by atoms with Crippen LogP contribution in [0.25, 0.3) is 10.9 Å². The SMILES string of the molecule is c1ccc2c3nc(nc2c1)OCCO3. The molecule has 0 unspecified atom stereocenters. The molecule has 0 N–H and O–H groups in total. The van der Waals surface area contributed by atoms with Crippen LogP contribution in [0.3, 0.4) is 0 Å². The highest BCUT2D eigenvalue weighted by Gasteiger charge is 2.12. The number of aromatic nitrogens is 2. The minimum absolute atomic E-state index is 0.399. The standard InChI is InChI=1S/C10H8N2O2/c1-2-4-8-7(3-1)9-12-10(11-8)14-6-5-13-9/h1-4H,5-6H2. The van der Waals surface area contributed by atoms with Gasteiger partial charge in [-0.15, -0.1) is 0 Å². The van der Waals surface area contributed by atoms with Gasteiger partial charge in [0.25, 0.3) is 0 Å². The van der Waals surface area contributed by atoms with Crippen LogP contribution >= 0.6 is 0 Å². The average molecular weight is 188 g/mol. The van der Waals surface area contributed by atoms with Crippen LogP contribution < -0.4 is 9.47 Å². The highest BCUT2D eigenvalue weighted by molar-refractivity contribution is 5.83. The van der Waals surface area contributed by atoms with Crippen LogP contribution in [0.4, 0.5) is 0 Å². The lowest BCUT2D eigenvalue weighted by molar-refractivity contribution is 0.229. The Kier molecular flexibility index (Phi) is 1.53. The lowest BCUT2D eigenvalue weighted by atomic mass is 10.2. The van der Waals surface area contributed by atoms with E-state index in [0.29, 0.717) is 25.1 Å². The van der Waals surface area contributed by atoms with Crippen molar-refractivity contribution in [2.24, 2.45) is 0 Å². The number of hydrogen-bond acceptors (Lipinski definition) is 4. The molecule has 3 rings (SSSR count). The molecule has 1 aliphatic rings. The smallest absolute Gasteiger partial charge is 0.320 e. The molecule has 0 atom stereocenters. The normalized spacial score (nSPS) is 14.3. The van der Waals surface area contributed by atoms with Crippen LogP contribution in [0.5, 0.6) is 11.9 Å². The van der Waals surface area contributed by atoms with Gasteiger partial charge in [-0.25, -0.2) is 0 Å². The molecule has 70 valence electrons. The monoisotopic (exact) mass is 188 g/mol. The molecule has 0 fully saturated rings. The summed E-state index contributed by atoms with van der Waals surface area (Å²) in [5.41, 5.74) is 0.856. The molecule has 1 aliphatic heterocycles. The zero-order valence-corrected chi connectivity index (χ0v) is 7.43. The second kappa shape index (κ2) is 2.83. The summed E-state index contributed by atoms with van der Waals surface area (Å²) in [4.78, 5) is 8.40. The third-order valence-corrected chi connectivity index (χ3v) is 2.10. The van der Waals surface area contributed by atoms with Crippen molar-refractivity contribution in [1.82, 2.24) is 9.97 Å². The summed E-state index contributed by atoms with van der Waals surface area (Å²) >= 11 is 0. The number of hydrogen-bond donors (Lipinski definition) is 0. The molecule has 1 aromatic heterocycles. The van der Waals surface area contributed by atoms with Gasteiger partial charge in [-0.2, -0.15) is 9.97 Å². The van der Waals surface area contributed by atoms with Crippen LogP contribution in [-0.4, -0.2) is 23.2 Å². The third kappa shape index (κ3) is 1.08.